The van der Waals surface area contributed by atoms with Crippen LogP contribution in [0.4, 0.5) is 0 Å². The Kier molecular flexibility index (Phi) is 5.66. The molecule has 0 saturated heterocycles. The van der Waals surface area contributed by atoms with Crippen molar-refractivity contribution in [1.29, 1.82) is 0 Å². The molecular weight excluding hydrogens is 184 g/mol. The maximum atomic E-state index is 10.1. The van der Waals surface area contributed by atoms with Gasteiger partial charge in [-0.25, -0.2) is 0 Å². The fourth-order valence-corrected chi connectivity index (χ4v) is 2.35. The van der Waals surface area contributed by atoms with Crippen molar-refractivity contribution in [2.75, 3.05) is 0 Å². The van der Waals surface area contributed by atoms with Gasteiger partial charge >= 0.3 is 0 Å². The Bertz CT molecular complexity index is 159. The molecule has 1 fully saturated rings. The summed E-state index contributed by atoms with van der Waals surface area (Å²) in [7, 11) is 0. The highest BCUT2D eigenvalue weighted by Gasteiger charge is 2.38. The first-order valence-electron chi connectivity index (χ1n) is 6.89. The van der Waals surface area contributed by atoms with E-state index >= 15 is 0 Å². The molecule has 1 N–H and O–H groups in total. The number of unbranched alkanes of at least 4 members (excludes halogenated alkanes) is 6. The molecule has 1 atom stereocenters. The van der Waals surface area contributed by atoms with Crippen molar-refractivity contribution in [3.63, 3.8) is 0 Å². The Morgan fingerprint density at radius 2 is 1.53 bits per heavy atom. The van der Waals surface area contributed by atoms with Gasteiger partial charge < -0.3 is 5.11 Å². The van der Waals surface area contributed by atoms with Crippen LogP contribution in [0.2, 0.25) is 0 Å². The zero-order chi connectivity index (χ0) is 11.1. The van der Waals surface area contributed by atoms with Crippen molar-refractivity contribution in [3.8, 4) is 0 Å². The van der Waals surface area contributed by atoms with Crippen LogP contribution in [-0.4, -0.2) is 10.7 Å². The third-order valence-corrected chi connectivity index (χ3v) is 3.74. The molecule has 0 radical (unpaired) electrons. The molecule has 1 aliphatic rings. The third-order valence-electron chi connectivity index (χ3n) is 3.74. The highest BCUT2D eigenvalue weighted by molar-refractivity contribution is 4.90. The Labute approximate surface area is 95.3 Å². The second-order valence-electron chi connectivity index (χ2n) is 5.50. The monoisotopic (exact) mass is 212 g/mol. The van der Waals surface area contributed by atoms with Crippen molar-refractivity contribution >= 4 is 0 Å². The van der Waals surface area contributed by atoms with Crippen LogP contribution in [0, 0.1) is 5.92 Å². The van der Waals surface area contributed by atoms with E-state index in [0.29, 0.717) is 5.92 Å². The molecule has 1 unspecified atom stereocenters. The molecule has 1 rings (SSSR count). The summed E-state index contributed by atoms with van der Waals surface area (Å²) in [5.74, 6) is 0.623. The lowest BCUT2D eigenvalue weighted by Crippen LogP contribution is -2.26. The zero-order valence-corrected chi connectivity index (χ0v) is 10.6. The van der Waals surface area contributed by atoms with Crippen molar-refractivity contribution in [1.82, 2.24) is 0 Å². The topological polar surface area (TPSA) is 20.2 Å². The van der Waals surface area contributed by atoms with E-state index in [1.807, 2.05) is 6.92 Å². The fourth-order valence-electron chi connectivity index (χ4n) is 2.35. The smallest absolute Gasteiger partial charge is 0.0647 e. The van der Waals surface area contributed by atoms with Crippen LogP contribution in [0.15, 0.2) is 0 Å². The molecule has 1 aliphatic carbocycles. The van der Waals surface area contributed by atoms with Gasteiger partial charge in [-0.15, -0.1) is 0 Å². The largest absolute Gasteiger partial charge is 0.390 e. The molecule has 0 aromatic carbocycles. The van der Waals surface area contributed by atoms with E-state index in [1.165, 1.54) is 57.8 Å². The zero-order valence-electron chi connectivity index (χ0n) is 10.6. The van der Waals surface area contributed by atoms with Gasteiger partial charge in [0.2, 0.25) is 0 Å². The lowest BCUT2D eigenvalue weighted by Gasteiger charge is -2.22. The average Bonchev–Trinajstić information content (AvgIpc) is 2.99. The van der Waals surface area contributed by atoms with Crippen LogP contribution >= 0.6 is 0 Å². The molecule has 1 nitrogen and oxygen atoms in total. The quantitative estimate of drug-likeness (QED) is 0.565. The molecule has 90 valence electrons. The van der Waals surface area contributed by atoms with E-state index in [1.54, 1.807) is 0 Å². The van der Waals surface area contributed by atoms with Gasteiger partial charge in [-0.2, -0.15) is 0 Å². The molecule has 0 spiro atoms. The number of hydrogen-bond donors (Lipinski definition) is 1. The van der Waals surface area contributed by atoms with Gasteiger partial charge in [-0.05, 0) is 32.1 Å². The second kappa shape index (κ2) is 6.52. The van der Waals surface area contributed by atoms with Crippen LogP contribution in [0.3, 0.4) is 0 Å². The Balaban J connectivity index is 1.88. The number of rotatable bonds is 9. The van der Waals surface area contributed by atoms with E-state index in [2.05, 4.69) is 6.92 Å². The summed E-state index contributed by atoms with van der Waals surface area (Å²) in [6.45, 7) is 4.29. The molecule has 0 heterocycles. The van der Waals surface area contributed by atoms with Crippen LogP contribution < -0.4 is 0 Å². The highest BCUT2D eigenvalue weighted by atomic mass is 16.3. The summed E-state index contributed by atoms with van der Waals surface area (Å²) in [4.78, 5) is 0. The molecule has 0 bridgehead atoms. The van der Waals surface area contributed by atoms with E-state index in [0.717, 1.165) is 6.42 Å². The van der Waals surface area contributed by atoms with Crippen LogP contribution in [0.1, 0.15) is 78.1 Å². The highest BCUT2D eigenvalue weighted by Crippen LogP contribution is 2.42. The van der Waals surface area contributed by atoms with Gasteiger partial charge in [0.05, 0.1) is 5.60 Å². The van der Waals surface area contributed by atoms with E-state index in [4.69, 9.17) is 0 Å². The summed E-state index contributed by atoms with van der Waals surface area (Å²) >= 11 is 0. The second-order valence-corrected chi connectivity index (χ2v) is 5.50. The van der Waals surface area contributed by atoms with Crippen molar-refractivity contribution < 1.29 is 5.11 Å². The minimum atomic E-state index is -0.344. The van der Waals surface area contributed by atoms with Gasteiger partial charge in [0, 0.05) is 0 Å². The first-order valence-corrected chi connectivity index (χ1v) is 6.89. The first kappa shape index (κ1) is 13.0. The lowest BCUT2D eigenvalue weighted by atomic mass is 9.93. The summed E-state index contributed by atoms with van der Waals surface area (Å²) < 4.78 is 0. The molecule has 0 aromatic heterocycles. The average molecular weight is 212 g/mol. The predicted octanol–water partition coefficient (Wildman–Crippen LogP) is 4.29. The van der Waals surface area contributed by atoms with E-state index < -0.39 is 0 Å². The van der Waals surface area contributed by atoms with E-state index in [-0.39, 0.29) is 5.60 Å². The van der Waals surface area contributed by atoms with Gasteiger partial charge in [0.25, 0.3) is 0 Å². The Hall–Kier alpha value is -0.0400. The molecular formula is C14H28O. The van der Waals surface area contributed by atoms with E-state index in [9.17, 15) is 5.11 Å². The molecule has 0 aliphatic heterocycles. The van der Waals surface area contributed by atoms with Gasteiger partial charge in [-0.1, -0.05) is 51.9 Å². The summed E-state index contributed by atoms with van der Waals surface area (Å²) in [6.07, 6.45) is 12.9. The molecule has 15 heavy (non-hydrogen) atoms. The summed E-state index contributed by atoms with van der Waals surface area (Å²) in [5.41, 5.74) is -0.344. The molecule has 0 amide bonds. The normalized spacial score (nSPS) is 20.2. The Morgan fingerprint density at radius 1 is 1.00 bits per heavy atom. The molecule has 1 heteroatoms. The maximum absolute atomic E-state index is 10.1. The summed E-state index contributed by atoms with van der Waals surface area (Å²) in [6, 6.07) is 0. The maximum Gasteiger partial charge on any atom is 0.0647 e. The van der Waals surface area contributed by atoms with Crippen LogP contribution in [-0.2, 0) is 0 Å². The molecule has 1 saturated carbocycles. The number of aliphatic hydroxyl groups is 1. The number of hydrogen-bond acceptors (Lipinski definition) is 1. The first-order chi connectivity index (χ1) is 7.17. The predicted molar refractivity (Wildman–Crippen MR) is 66.0 cm³/mol. The third kappa shape index (κ3) is 5.55. The molecule has 0 aromatic rings. The van der Waals surface area contributed by atoms with Gasteiger partial charge in [0.1, 0.15) is 0 Å². The SMILES string of the molecule is CCCCCCCCCC(C)(O)C1CC1. The van der Waals surface area contributed by atoms with Crippen LogP contribution in [0.25, 0.3) is 0 Å². The van der Waals surface area contributed by atoms with Crippen molar-refractivity contribution in [2.24, 2.45) is 5.92 Å². The minimum Gasteiger partial charge on any atom is -0.390 e. The lowest BCUT2D eigenvalue weighted by molar-refractivity contribution is 0.0255. The fraction of sp³-hybridized carbons (Fsp3) is 1.00. The summed E-state index contributed by atoms with van der Waals surface area (Å²) in [5, 5.41) is 10.1. The minimum absolute atomic E-state index is 0.344. The van der Waals surface area contributed by atoms with Crippen molar-refractivity contribution in [2.45, 2.75) is 83.7 Å². The standard InChI is InChI=1S/C14H28O/c1-3-4-5-6-7-8-9-12-14(2,15)13-10-11-13/h13,15H,3-12H2,1-2H3. The Morgan fingerprint density at radius 3 is 2.07 bits per heavy atom. The van der Waals surface area contributed by atoms with Gasteiger partial charge in [-0.3, -0.25) is 0 Å². The van der Waals surface area contributed by atoms with Crippen LogP contribution in [0.5, 0.6) is 0 Å². The van der Waals surface area contributed by atoms with Crippen molar-refractivity contribution in [3.05, 3.63) is 0 Å². The van der Waals surface area contributed by atoms with Gasteiger partial charge in [0.15, 0.2) is 0 Å².